The molecule has 0 atom stereocenters. The number of fused-ring (bicyclic) bond motifs is 1. The van der Waals surface area contributed by atoms with Gasteiger partial charge >= 0.3 is 5.97 Å². The summed E-state index contributed by atoms with van der Waals surface area (Å²) in [5.74, 6) is 0.918. The number of carbonyl (C=O) groups excluding carboxylic acids is 1. The summed E-state index contributed by atoms with van der Waals surface area (Å²) >= 11 is 0. The van der Waals surface area contributed by atoms with E-state index in [1.807, 2.05) is 0 Å². The van der Waals surface area contributed by atoms with Gasteiger partial charge < -0.3 is 23.7 Å². The molecule has 4 rings (SSSR count). The van der Waals surface area contributed by atoms with Gasteiger partial charge in [-0.1, -0.05) is 39.0 Å². The predicted octanol–water partition coefficient (Wildman–Crippen LogP) is 5.69. The molecule has 0 bridgehead atoms. The Kier molecular flexibility index (Phi) is 10.1. The van der Waals surface area contributed by atoms with Gasteiger partial charge in [0.05, 0.1) is 18.8 Å². The first-order chi connectivity index (χ1) is 19.1. The van der Waals surface area contributed by atoms with Crippen LogP contribution in [0.5, 0.6) is 0 Å². The van der Waals surface area contributed by atoms with Crippen LogP contribution in [0.4, 0.5) is 5.95 Å². The molecule has 1 fully saturated rings. The van der Waals surface area contributed by atoms with E-state index in [4.69, 9.17) is 8.92 Å². The highest BCUT2D eigenvalue weighted by atomic mass is 32.3. The van der Waals surface area contributed by atoms with E-state index in [0.29, 0.717) is 24.0 Å². The Morgan fingerprint density at radius 3 is 2.50 bits per heavy atom. The van der Waals surface area contributed by atoms with Gasteiger partial charge in [0.2, 0.25) is 5.95 Å². The van der Waals surface area contributed by atoms with Crippen molar-refractivity contribution >= 4 is 33.1 Å². The molecule has 8 nitrogen and oxygen atoms in total. The van der Waals surface area contributed by atoms with Crippen LogP contribution < -0.4 is 4.90 Å². The van der Waals surface area contributed by atoms with Crippen molar-refractivity contribution in [1.29, 1.82) is 0 Å². The van der Waals surface area contributed by atoms with Gasteiger partial charge in [0, 0.05) is 67.0 Å². The second-order valence-corrected chi connectivity index (χ2v) is 15.9. The number of benzene rings is 1. The molecule has 1 saturated heterocycles. The lowest BCUT2D eigenvalue weighted by molar-refractivity contribution is 0.0525. The molecule has 0 amide bonds. The SMILES string of the molecule is CCOC(=O)c1cnc(N2CCC(CN(CCOS(C)(C)C(C)(C)C)CCc3c[nH]c4ccccc34)CC2)nc1. The summed E-state index contributed by atoms with van der Waals surface area (Å²) in [6.07, 6.45) is 13.1. The predicted molar refractivity (Wildman–Crippen MR) is 167 cm³/mol. The van der Waals surface area contributed by atoms with E-state index in [2.05, 4.69) is 88.5 Å². The van der Waals surface area contributed by atoms with Crippen molar-refractivity contribution in [3.63, 3.8) is 0 Å². The molecule has 1 aliphatic heterocycles. The minimum absolute atomic E-state index is 0.158. The van der Waals surface area contributed by atoms with Crippen LogP contribution in [0.15, 0.2) is 42.9 Å². The number of para-hydroxylation sites is 1. The molecule has 40 heavy (non-hydrogen) atoms. The van der Waals surface area contributed by atoms with Crippen molar-refractivity contribution in [2.24, 2.45) is 5.92 Å². The molecule has 0 spiro atoms. The van der Waals surface area contributed by atoms with Gasteiger partial charge in [0.25, 0.3) is 0 Å². The topological polar surface area (TPSA) is 83.6 Å². The molecule has 3 aromatic rings. The van der Waals surface area contributed by atoms with Crippen molar-refractivity contribution in [1.82, 2.24) is 19.9 Å². The number of carbonyl (C=O) groups is 1. The number of anilines is 1. The van der Waals surface area contributed by atoms with E-state index in [9.17, 15) is 4.79 Å². The van der Waals surface area contributed by atoms with E-state index in [-0.39, 0.29) is 10.7 Å². The third-order valence-electron chi connectivity index (χ3n) is 8.20. The minimum Gasteiger partial charge on any atom is -0.462 e. The molecule has 1 aliphatic rings. The number of aromatic nitrogens is 3. The van der Waals surface area contributed by atoms with Crippen molar-refractivity contribution in [2.75, 3.05) is 63.3 Å². The van der Waals surface area contributed by atoms with Gasteiger partial charge in [0.1, 0.15) is 0 Å². The number of nitrogens with zero attached hydrogens (tertiary/aromatic N) is 4. The number of H-pyrrole nitrogens is 1. The average molecular weight is 570 g/mol. The number of aromatic amines is 1. The maximum Gasteiger partial charge on any atom is 0.341 e. The third-order valence-corrected chi connectivity index (χ3v) is 11.9. The highest BCUT2D eigenvalue weighted by molar-refractivity contribution is 8.29. The average Bonchev–Trinajstić information content (AvgIpc) is 3.35. The number of hydrogen-bond acceptors (Lipinski definition) is 7. The number of hydrogen-bond donors (Lipinski definition) is 1. The van der Waals surface area contributed by atoms with Crippen molar-refractivity contribution in [2.45, 2.75) is 51.7 Å². The van der Waals surface area contributed by atoms with Gasteiger partial charge in [0.15, 0.2) is 0 Å². The monoisotopic (exact) mass is 569 g/mol. The smallest absolute Gasteiger partial charge is 0.341 e. The van der Waals surface area contributed by atoms with Crippen molar-refractivity contribution < 1.29 is 13.7 Å². The molecule has 1 N–H and O–H groups in total. The summed E-state index contributed by atoms with van der Waals surface area (Å²) in [4.78, 5) is 29.1. The minimum atomic E-state index is -1.14. The Morgan fingerprint density at radius 2 is 1.82 bits per heavy atom. The van der Waals surface area contributed by atoms with E-state index in [0.717, 1.165) is 58.6 Å². The Labute approximate surface area is 241 Å². The van der Waals surface area contributed by atoms with Crippen LogP contribution >= 0.6 is 10.3 Å². The van der Waals surface area contributed by atoms with Gasteiger partial charge in [-0.05, 0) is 56.2 Å². The summed E-state index contributed by atoms with van der Waals surface area (Å²) < 4.78 is 11.7. The van der Waals surface area contributed by atoms with Crippen LogP contribution in [0.25, 0.3) is 10.9 Å². The molecule has 2 aromatic heterocycles. The molecule has 0 radical (unpaired) electrons. The Balaban J connectivity index is 1.34. The number of rotatable bonds is 12. The summed E-state index contributed by atoms with van der Waals surface area (Å²) in [6.45, 7) is 14.6. The summed E-state index contributed by atoms with van der Waals surface area (Å²) in [6, 6.07) is 8.55. The fourth-order valence-corrected chi connectivity index (χ4v) is 5.79. The fourth-order valence-electron chi connectivity index (χ4n) is 4.95. The van der Waals surface area contributed by atoms with E-state index < -0.39 is 10.3 Å². The molecule has 3 heterocycles. The lowest BCUT2D eigenvalue weighted by atomic mass is 9.96. The molecule has 1 aromatic carbocycles. The number of esters is 1. The normalized spacial score (nSPS) is 15.6. The standard InChI is InChI=1S/C31H47N5O3S/c1-7-38-29(37)26-21-33-30(34-22-26)36-16-12-24(13-17-36)23-35(18-19-39-40(5,6)31(2,3)4)15-14-25-20-32-28-11-9-8-10-27(25)28/h8-11,20-22,24,32H,7,12-19,23H2,1-6H3. The van der Waals surface area contributed by atoms with E-state index >= 15 is 0 Å². The maximum absolute atomic E-state index is 11.9. The fraction of sp³-hybridized carbons (Fsp3) is 0.581. The van der Waals surface area contributed by atoms with Crippen LogP contribution in [0.3, 0.4) is 0 Å². The first kappa shape index (κ1) is 30.3. The molecular weight excluding hydrogens is 522 g/mol. The van der Waals surface area contributed by atoms with Crippen LogP contribution in [0, 0.1) is 5.92 Å². The molecule has 0 aliphatic carbocycles. The van der Waals surface area contributed by atoms with Crippen LogP contribution in [0.2, 0.25) is 0 Å². The van der Waals surface area contributed by atoms with E-state index in [1.54, 1.807) is 19.3 Å². The lowest BCUT2D eigenvalue weighted by Crippen LogP contribution is -2.41. The van der Waals surface area contributed by atoms with Gasteiger partial charge in [-0.2, -0.15) is 0 Å². The molecule has 220 valence electrons. The summed E-state index contributed by atoms with van der Waals surface area (Å²) in [5, 5.41) is 1.32. The zero-order valence-electron chi connectivity index (χ0n) is 25.1. The van der Waals surface area contributed by atoms with Gasteiger partial charge in [-0.15, -0.1) is 10.3 Å². The highest BCUT2D eigenvalue weighted by Crippen LogP contribution is 2.53. The summed E-state index contributed by atoms with van der Waals surface area (Å²) in [7, 11) is -1.14. The Morgan fingerprint density at radius 1 is 1.12 bits per heavy atom. The van der Waals surface area contributed by atoms with Crippen molar-refractivity contribution in [3.05, 3.63) is 54.0 Å². The zero-order valence-corrected chi connectivity index (χ0v) is 25.9. The largest absolute Gasteiger partial charge is 0.462 e. The van der Waals surface area contributed by atoms with Crippen LogP contribution in [-0.2, 0) is 15.3 Å². The maximum atomic E-state index is 11.9. The van der Waals surface area contributed by atoms with Crippen LogP contribution in [-0.4, -0.2) is 89.0 Å². The number of ether oxygens (including phenoxy) is 1. The second-order valence-electron chi connectivity index (χ2n) is 12.0. The second kappa shape index (κ2) is 13.4. The van der Waals surface area contributed by atoms with E-state index in [1.165, 1.54) is 16.5 Å². The Bertz CT molecular complexity index is 1230. The van der Waals surface area contributed by atoms with Crippen molar-refractivity contribution in [3.8, 4) is 0 Å². The zero-order chi connectivity index (χ0) is 28.8. The first-order valence-electron chi connectivity index (χ1n) is 14.5. The van der Waals surface area contributed by atoms with Gasteiger partial charge in [-0.25, -0.2) is 14.8 Å². The van der Waals surface area contributed by atoms with Gasteiger partial charge in [-0.3, -0.25) is 0 Å². The highest BCUT2D eigenvalue weighted by Gasteiger charge is 2.29. The third kappa shape index (κ3) is 7.77. The lowest BCUT2D eigenvalue weighted by Gasteiger charge is -2.44. The number of nitrogens with one attached hydrogen (secondary N) is 1. The molecular formula is C31H47N5O3S. The van der Waals surface area contributed by atoms with Crippen LogP contribution in [0.1, 0.15) is 56.5 Å². The Hall–Kier alpha value is -2.62. The quantitative estimate of drug-likeness (QED) is 0.281. The molecule has 0 unspecified atom stereocenters. The molecule has 9 heteroatoms. The number of piperidine rings is 1. The summed E-state index contributed by atoms with van der Waals surface area (Å²) in [5.41, 5.74) is 2.97. The first-order valence-corrected chi connectivity index (χ1v) is 16.8. The molecule has 0 saturated carbocycles.